The van der Waals surface area contributed by atoms with Gasteiger partial charge in [-0.05, 0) is 56.2 Å². The minimum Gasteiger partial charge on any atom is -0.338 e. The fraction of sp³-hybridized carbons (Fsp3) is 0.500. The Labute approximate surface area is 144 Å². The van der Waals surface area contributed by atoms with Crippen LogP contribution in [-0.4, -0.2) is 29.1 Å². The van der Waals surface area contributed by atoms with Crippen LogP contribution in [0.4, 0.5) is 17.5 Å². The highest BCUT2D eigenvalue weighted by Gasteiger charge is 2.25. The molecule has 1 atom stereocenters. The Bertz CT molecular complexity index is 700. The van der Waals surface area contributed by atoms with Crippen molar-refractivity contribution >= 4 is 17.5 Å². The van der Waals surface area contributed by atoms with E-state index in [-0.39, 0.29) is 0 Å². The molecule has 4 rings (SSSR count). The fourth-order valence-corrected chi connectivity index (χ4v) is 4.09. The molecule has 3 heterocycles. The van der Waals surface area contributed by atoms with Gasteiger partial charge in [0.05, 0.1) is 0 Å². The highest BCUT2D eigenvalue weighted by Crippen LogP contribution is 2.33. The molecule has 24 heavy (non-hydrogen) atoms. The lowest BCUT2D eigenvalue weighted by Crippen LogP contribution is -2.40. The van der Waals surface area contributed by atoms with Gasteiger partial charge in [0.25, 0.3) is 0 Å². The summed E-state index contributed by atoms with van der Waals surface area (Å²) in [4.78, 5) is 14.3. The first kappa shape index (κ1) is 15.4. The van der Waals surface area contributed by atoms with Gasteiger partial charge in [0, 0.05) is 31.0 Å². The molecule has 4 nitrogen and oxygen atoms in total. The number of piperidine rings is 1. The zero-order valence-electron chi connectivity index (χ0n) is 14.5. The number of para-hydroxylation sites is 1. The maximum atomic E-state index is 4.96. The Balaban J connectivity index is 1.66. The Morgan fingerprint density at radius 3 is 2.92 bits per heavy atom. The van der Waals surface area contributed by atoms with Crippen LogP contribution >= 0.6 is 0 Å². The third-order valence-corrected chi connectivity index (χ3v) is 5.37. The molecule has 1 aromatic carbocycles. The largest absolute Gasteiger partial charge is 0.338 e. The van der Waals surface area contributed by atoms with Crippen LogP contribution in [0, 0.1) is 0 Å². The molecule has 2 aliphatic heterocycles. The average Bonchev–Trinajstić information content (AvgIpc) is 2.67. The second-order valence-corrected chi connectivity index (χ2v) is 6.85. The number of hydrogen-bond donors (Lipinski definition) is 0. The lowest BCUT2D eigenvalue weighted by Gasteiger charge is -2.36. The van der Waals surface area contributed by atoms with Gasteiger partial charge >= 0.3 is 0 Å². The highest BCUT2D eigenvalue weighted by molar-refractivity contribution is 5.65. The Morgan fingerprint density at radius 2 is 2.00 bits per heavy atom. The molecule has 0 aliphatic carbocycles. The third-order valence-electron chi connectivity index (χ3n) is 5.37. The molecule has 1 fully saturated rings. The molecule has 0 amide bonds. The average molecular weight is 322 g/mol. The second kappa shape index (κ2) is 6.80. The van der Waals surface area contributed by atoms with E-state index in [0.717, 1.165) is 31.3 Å². The quantitative estimate of drug-likeness (QED) is 0.842. The van der Waals surface area contributed by atoms with E-state index >= 15 is 0 Å². The molecule has 4 heteroatoms. The van der Waals surface area contributed by atoms with E-state index in [1.165, 1.54) is 43.4 Å². The summed E-state index contributed by atoms with van der Waals surface area (Å²) in [6.07, 6.45) is 9.27. The normalized spacial score (nSPS) is 20.8. The summed E-state index contributed by atoms with van der Waals surface area (Å²) >= 11 is 0. The van der Waals surface area contributed by atoms with Crippen LogP contribution in [0.3, 0.4) is 0 Å². The van der Waals surface area contributed by atoms with Crippen molar-refractivity contribution in [3.8, 4) is 0 Å². The van der Waals surface area contributed by atoms with E-state index in [9.17, 15) is 0 Å². The van der Waals surface area contributed by atoms with Crippen molar-refractivity contribution in [3.05, 3.63) is 42.1 Å². The van der Waals surface area contributed by atoms with Gasteiger partial charge in [-0.3, -0.25) is 0 Å². The number of aryl methyl sites for hydroxylation is 1. The van der Waals surface area contributed by atoms with Crippen LogP contribution in [0.15, 0.2) is 36.5 Å². The van der Waals surface area contributed by atoms with Crippen molar-refractivity contribution in [2.45, 2.75) is 51.5 Å². The van der Waals surface area contributed by atoms with Gasteiger partial charge in [-0.1, -0.05) is 25.1 Å². The molecule has 126 valence electrons. The molecule has 0 saturated carbocycles. The van der Waals surface area contributed by atoms with Crippen molar-refractivity contribution in [2.24, 2.45) is 0 Å². The van der Waals surface area contributed by atoms with E-state index in [1.54, 1.807) is 0 Å². The van der Waals surface area contributed by atoms with Gasteiger partial charge in [0.15, 0.2) is 0 Å². The first-order chi connectivity index (χ1) is 11.9. The SMILES string of the molecule is CCC1CCCCN1c1nccc(N2CCCc3ccccc32)n1. The van der Waals surface area contributed by atoms with E-state index in [2.05, 4.69) is 52.0 Å². The summed E-state index contributed by atoms with van der Waals surface area (Å²) < 4.78 is 0. The smallest absolute Gasteiger partial charge is 0.227 e. The van der Waals surface area contributed by atoms with Crippen LogP contribution in [0.25, 0.3) is 0 Å². The predicted octanol–water partition coefficient (Wildman–Crippen LogP) is 4.33. The van der Waals surface area contributed by atoms with E-state index < -0.39 is 0 Å². The molecule has 2 aliphatic rings. The summed E-state index contributed by atoms with van der Waals surface area (Å²) in [6.45, 7) is 4.39. The van der Waals surface area contributed by atoms with Crippen molar-refractivity contribution in [1.29, 1.82) is 0 Å². The predicted molar refractivity (Wildman–Crippen MR) is 99.1 cm³/mol. The van der Waals surface area contributed by atoms with Crippen LogP contribution < -0.4 is 9.80 Å². The lowest BCUT2D eigenvalue weighted by molar-refractivity contribution is 0.443. The number of hydrogen-bond acceptors (Lipinski definition) is 4. The maximum absolute atomic E-state index is 4.96. The summed E-state index contributed by atoms with van der Waals surface area (Å²) in [5, 5.41) is 0. The maximum Gasteiger partial charge on any atom is 0.227 e. The number of fused-ring (bicyclic) bond motifs is 1. The van der Waals surface area contributed by atoms with Gasteiger partial charge < -0.3 is 9.80 Å². The van der Waals surface area contributed by atoms with Crippen LogP contribution in [0.1, 0.15) is 44.6 Å². The number of benzene rings is 1. The van der Waals surface area contributed by atoms with Crippen molar-refractivity contribution in [3.63, 3.8) is 0 Å². The second-order valence-electron chi connectivity index (χ2n) is 6.85. The van der Waals surface area contributed by atoms with Crippen LogP contribution in [-0.2, 0) is 6.42 Å². The number of anilines is 3. The topological polar surface area (TPSA) is 32.3 Å². The molecule has 0 bridgehead atoms. The highest BCUT2D eigenvalue weighted by atomic mass is 15.3. The van der Waals surface area contributed by atoms with E-state index in [1.807, 2.05) is 6.20 Å². The number of nitrogens with zero attached hydrogens (tertiary/aromatic N) is 4. The van der Waals surface area contributed by atoms with Crippen LogP contribution in [0.5, 0.6) is 0 Å². The zero-order chi connectivity index (χ0) is 16.4. The van der Waals surface area contributed by atoms with Crippen LogP contribution in [0.2, 0.25) is 0 Å². The standard InChI is InChI=1S/C20H26N4/c1-2-17-10-5-6-14-23(17)20-21-13-12-19(22-20)24-15-7-9-16-8-3-4-11-18(16)24/h3-4,8,11-13,17H,2,5-7,9-10,14-15H2,1H3. The number of aromatic nitrogens is 2. The first-order valence-electron chi connectivity index (χ1n) is 9.32. The minimum atomic E-state index is 0.586. The fourth-order valence-electron chi connectivity index (χ4n) is 4.09. The lowest BCUT2D eigenvalue weighted by atomic mass is 10.0. The zero-order valence-corrected chi connectivity index (χ0v) is 14.5. The van der Waals surface area contributed by atoms with E-state index in [0.29, 0.717) is 6.04 Å². The Morgan fingerprint density at radius 1 is 1.08 bits per heavy atom. The van der Waals surface area contributed by atoms with Gasteiger partial charge in [-0.2, -0.15) is 4.98 Å². The molecule has 1 saturated heterocycles. The molecule has 1 aromatic heterocycles. The molecule has 0 spiro atoms. The van der Waals surface area contributed by atoms with Crippen molar-refractivity contribution in [1.82, 2.24) is 9.97 Å². The molecule has 0 radical (unpaired) electrons. The molecule has 2 aromatic rings. The summed E-state index contributed by atoms with van der Waals surface area (Å²) in [5.74, 6) is 1.94. The monoisotopic (exact) mass is 322 g/mol. The minimum absolute atomic E-state index is 0.586. The molecular formula is C20H26N4. The third kappa shape index (κ3) is 2.85. The Hall–Kier alpha value is -2.10. The van der Waals surface area contributed by atoms with Crippen molar-refractivity contribution in [2.75, 3.05) is 22.9 Å². The molecule has 1 unspecified atom stereocenters. The molecule has 0 N–H and O–H groups in total. The number of rotatable bonds is 3. The summed E-state index contributed by atoms with van der Waals surface area (Å²) in [6, 6.07) is 11.3. The van der Waals surface area contributed by atoms with Crippen molar-refractivity contribution < 1.29 is 0 Å². The van der Waals surface area contributed by atoms with Gasteiger partial charge in [0.2, 0.25) is 5.95 Å². The Kier molecular flexibility index (Phi) is 4.37. The summed E-state index contributed by atoms with van der Waals surface area (Å²) in [7, 11) is 0. The summed E-state index contributed by atoms with van der Waals surface area (Å²) in [5.41, 5.74) is 2.73. The van der Waals surface area contributed by atoms with E-state index in [4.69, 9.17) is 4.98 Å². The first-order valence-corrected chi connectivity index (χ1v) is 9.32. The van der Waals surface area contributed by atoms with Gasteiger partial charge in [-0.15, -0.1) is 0 Å². The molecular weight excluding hydrogens is 296 g/mol. The van der Waals surface area contributed by atoms with Gasteiger partial charge in [0.1, 0.15) is 5.82 Å². The van der Waals surface area contributed by atoms with Gasteiger partial charge in [-0.25, -0.2) is 4.98 Å².